The number of benzene rings is 6. The molecule has 6 aromatic carbocycles. The molecule has 0 fully saturated rings. The number of fused-ring (bicyclic) bond motifs is 2. The third-order valence-corrected chi connectivity index (χ3v) is 16.6. The molecule has 82 heavy (non-hydrogen) atoms. The molecule has 16 nitrogen and oxygen atoms in total. The van der Waals surface area contributed by atoms with Gasteiger partial charge in [0.2, 0.25) is 9.84 Å². The van der Waals surface area contributed by atoms with E-state index in [4.69, 9.17) is 47.9 Å². The SMILES string of the molecule is C/C(N)=C\C(=O)OCCN(C)Cc1ccccc1.CC1=C(C(=O)OCCN(C)Cc2ccccc2)C(c2c(F)cccc2Cl)C2=C(COc3ccccc3S2(=O)=O)N1.O=C1COc2ccccc2S(=O)(=O)C1.O=Cc1c(F)cccc1Cl. The minimum Gasteiger partial charge on any atom is -0.486 e. The maximum absolute atomic E-state index is 15.4. The van der Waals surface area contributed by atoms with Gasteiger partial charge in [-0.05, 0) is 87.6 Å². The van der Waals surface area contributed by atoms with Gasteiger partial charge in [0.05, 0.1) is 32.7 Å². The molecule has 0 bridgehead atoms. The zero-order valence-electron chi connectivity index (χ0n) is 45.2. The number of hydrogen-bond donors (Lipinski definition) is 2. The van der Waals surface area contributed by atoms with Gasteiger partial charge >= 0.3 is 11.9 Å². The third kappa shape index (κ3) is 17.4. The summed E-state index contributed by atoms with van der Waals surface area (Å²) in [5.74, 6) is -4.27. The normalized spacial score (nSPS) is 15.7. The molecule has 0 saturated carbocycles. The number of likely N-dealkylation sites (N-methyl/N-ethyl adjacent to an activating group) is 2. The summed E-state index contributed by atoms with van der Waals surface area (Å²) in [5, 5.41) is 3.17. The summed E-state index contributed by atoms with van der Waals surface area (Å²) in [6.45, 7) is 6.00. The Morgan fingerprint density at radius 2 is 1.22 bits per heavy atom. The van der Waals surface area contributed by atoms with Crippen molar-refractivity contribution in [2.45, 2.75) is 42.6 Å². The van der Waals surface area contributed by atoms with Crippen molar-refractivity contribution < 1.29 is 63.7 Å². The van der Waals surface area contributed by atoms with Crippen molar-refractivity contribution in [2.24, 2.45) is 5.73 Å². The summed E-state index contributed by atoms with van der Waals surface area (Å²) in [7, 11) is -3.86. The van der Waals surface area contributed by atoms with Crippen molar-refractivity contribution in [1.82, 2.24) is 15.1 Å². The minimum atomic E-state index is -4.25. The fraction of sp³-hybridized carbons (Fsp3) is 0.233. The molecule has 22 heteroatoms. The number of allylic oxidation sites excluding steroid dienone is 3. The van der Waals surface area contributed by atoms with E-state index in [-0.39, 0.29) is 84.4 Å². The highest BCUT2D eigenvalue weighted by Gasteiger charge is 2.45. The quantitative estimate of drug-likeness (QED) is 0.0589. The average molecular weight is 1200 g/mol. The van der Waals surface area contributed by atoms with Crippen molar-refractivity contribution in [3.8, 4) is 11.5 Å². The average Bonchev–Trinajstić information content (AvgIpc) is 2.22. The van der Waals surface area contributed by atoms with Crippen LogP contribution in [-0.2, 0) is 56.6 Å². The Kier molecular flexibility index (Phi) is 23.1. The Labute approximate surface area is 485 Å². The summed E-state index contributed by atoms with van der Waals surface area (Å²) < 4.78 is 101. The Hall–Kier alpha value is -7.72. The van der Waals surface area contributed by atoms with E-state index in [1.54, 1.807) is 50.2 Å². The monoisotopic (exact) mass is 1200 g/mol. The second kappa shape index (κ2) is 29.8. The molecular formula is C60H60Cl2F2N4O12S2. The molecule has 3 aliphatic rings. The van der Waals surface area contributed by atoms with Gasteiger partial charge < -0.3 is 30.0 Å². The number of hydrogen-bond acceptors (Lipinski definition) is 16. The number of para-hydroxylation sites is 2. The van der Waals surface area contributed by atoms with Crippen LogP contribution in [0, 0.1) is 11.6 Å². The number of aldehydes is 1. The zero-order valence-corrected chi connectivity index (χ0v) is 48.3. The Morgan fingerprint density at radius 1 is 0.707 bits per heavy atom. The van der Waals surface area contributed by atoms with E-state index >= 15 is 4.39 Å². The fourth-order valence-corrected chi connectivity index (χ4v) is 12.2. The summed E-state index contributed by atoms with van der Waals surface area (Å²) in [5.41, 5.74) is 8.50. The van der Waals surface area contributed by atoms with E-state index in [1.807, 2.05) is 67.5 Å². The molecule has 0 saturated heterocycles. The summed E-state index contributed by atoms with van der Waals surface area (Å²) in [6, 6.07) is 40.7. The topological polar surface area (TPSA) is 218 Å². The van der Waals surface area contributed by atoms with Crippen molar-refractivity contribution >= 4 is 66.9 Å². The van der Waals surface area contributed by atoms with Crippen LogP contribution in [0.15, 0.2) is 189 Å². The van der Waals surface area contributed by atoms with E-state index in [0.717, 1.165) is 12.1 Å². The van der Waals surface area contributed by atoms with Crippen LogP contribution in [0.5, 0.6) is 11.5 Å². The highest BCUT2D eigenvalue weighted by Crippen LogP contribution is 2.48. The number of rotatable bonds is 14. The summed E-state index contributed by atoms with van der Waals surface area (Å²) >= 11 is 11.9. The number of nitrogens with zero attached hydrogens (tertiary/aromatic N) is 2. The van der Waals surface area contributed by atoms with Gasteiger partial charge in [-0.2, -0.15) is 0 Å². The molecular weight excluding hydrogens is 1140 g/mol. The van der Waals surface area contributed by atoms with Crippen LogP contribution < -0.4 is 20.5 Å². The highest BCUT2D eigenvalue weighted by molar-refractivity contribution is 7.95. The summed E-state index contributed by atoms with van der Waals surface area (Å²) in [4.78, 5) is 49.9. The lowest BCUT2D eigenvalue weighted by molar-refractivity contribution is -0.140. The van der Waals surface area contributed by atoms with Gasteiger partial charge in [0.15, 0.2) is 21.9 Å². The van der Waals surface area contributed by atoms with Crippen molar-refractivity contribution in [3.63, 3.8) is 0 Å². The molecule has 1 unspecified atom stereocenters. The van der Waals surface area contributed by atoms with Crippen molar-refractivity contribution in [1.29, 1.82) is 0 Å². The second-order valence-corrected chi connectivity index (χ2v) is 23.4. The molecule has 0 amide bonds. The van der Waals surface area contributed by atoms with Crippen LogP contribution in [0.25, 0.3) is 0 Å². The number of dihydropyridines is 1. The molecule has 1 atom stereocenters. The first-order valence-corrected chi connectivity index (χ1v) is 29.2. The number of sulfone groups is 2. The van der Waals surface area contributed by atoms with Gasteiger partial charge in [0, 0.05) is 54.2 Å². The number of Topliss-reactive ketones (excluding diaryl/α,β-unsaturated/α-hetero) is 1. The van der Waals surface area contributed by atoms with E-state index in [0.29, 0.717) is 43.9 Å². The van der Waals surface area contributed by atoms with Gasteiger partial charge in [-0.1, -0.05) is 120 Å². The van der Waals surface area contributed by atoms with Gasteiger partial charge in [0.1, 0.15) is 65.1 Å². The zero-order chi connectivity index (χ0) is 59.6. The van der Waals surface area contributed by atoms with Crippen molar-refractivity contribution in [3.05, 3.63) is 223 Å². The minimum absolute atomic E-state index is 0.00639. The number of nitrogens with one attached hydrogen (secondary N) is 1. The molecule has 0 radical (unpaired) electrons. The number of ketones is 1. The molecule has 6 aromatic rings. The van der Waals surface area contributed by atoms with E-state index in [9.17, 15) is 40.4 Å². The lowest BCUT2D eigenvalue weighted by Crippen LogP contribution is -2.34. The number of esters is 2. The van der Waals surface area contributed by atoms with Crippen LogP contribution in [0.3, 0.4) is 0 Å². The lowest BCUT2D eigenvalue weighted by atomic mass is 9.86. The number of carbonyl (C=O) groups excluding carboxylic acids is 4. The van der Waals surface area contributed by atoms with Crippen LogP contribution in [0.1, 0.15) is 46.8 Å². The number of ether oxygens (including phenoxy) is 4. The molecule has 432 valence electrons. The fourth-order valence-electron chi connectivity index (χ4n) is 8.48. The Morgan fingerprint density at radius 3 is 1.77 bits per heavy atom. The van der Waals surface area contributed by atoms with E-state index in [2.05, 4.69) is 22.3 Å². The third-order valence-electron chi connectivity index (χ3n) is 12.3. The van der Waals surface area contributed by atoms with E-state index in [1.165, 1.54) is 60.2 Å². The van der Waals surface area contributed by atoms with Crippen LogP contribution in [0.2, 0.25) is 10.0 Å². The Bertz CT molecular complexity index is 3540. The Balaban J connectivity index is 0.000000210. The molecule has 3 N–H and O–H groups in total. The smallest absolute Gasteiger partial charge is 0.336 e. The molecule has 9 rings (SSSR count). The number of nitrogens with two attached hydrogens (primary N) is 1. The highest BCUT2D eigenvalue weighted by atomic mass is 35.5. The van der Waals surface area contributed by atoms with Gasteiger partial charge in [-0.3, -0.25) is 19.4 Å². The number of halogens is 4. The van der Waals surface area contributed by atoms with Crippen LogP contribution in [-0.4, -0.2) is 110 Å². The first kappa shape index (κ1) is 63.5. The maximum Gasteiger partial charge on any atom is 0.336 e. The molecule has 3 aliphatic heterocycles. The van der Waals surface area contributed by atoms with Gasteiger partial charge in [0.25, 0.3) is 0 Å². The van der Waals surface area contributed by atoms with Gasteiger partial charge in [-0.25, -0.2) is 35.2 Å². The largest absolute Gasteiger partial charge is 0.486 e. The molecule has 0 aromatic heterocycles. The van der Waals surface area contributed by atoms with Crippen LogP contribution >= 0.6 is 23.2 Å². The second-order valence-electron chi connectivity index (χ2n) is 18.7. The number of carbonyl (C=O) groups is 4. The predicted molar refractivity (Wildman–Crippen MR) is 307 cm³/mol. The molecule has 3 heterocycles. The van der Waals surface area contributed by atoms with Crippen LogP contribution in [0.4, 0.5) is 8.78 Å². The maximum atomic E-state index is 15.4. The van der Waals surface area contributed by atoms with Gasteiger partial charge in [-0.15, -0.1) is 0 Å². The summed E-state index contributed by atoms with van der Waals surface area (Å²) in [6.07, 6.45) is 1.69. The lowest BCUT2D eigenvalue weighted by Gasteiger charge is -2.31. The van der Waals surface area contributed by atoms with Crippen molar-refractivity contribution in [2.75, 3.05) is 59.4 Å². The predicted octanol–water partition coefficient (Wildman–Crippen LogP) is 9.43. The first-order valence-electron chi connectivity index (χ1n) is 25.3. The first-order chi connectivity index (χ1) is 39.1. The standard InChI is InChI=1S/C30H28ClFN2O5S.C14H20N2O2.C9H8O4S.C7H4ClFO/c1-19-26(30(35)38-16-15-34(2)17-20-9-4-3-5-10-20)28(27-21(31)11-8-12-22(27)32)29-23(33-19)18-39-24-13-6-7-14-25(24)40(29,36)37;1-12(15)10-14(17)18-9-8-16(2)11-13-6-4-3-5-7-13;10-7-5-13-8-3-1-2-4-9(8)14(11,12)6-7;8-6-2-1-3-7(9)5(6)4-10/h3-14,28,33H,15-18H2,1-2H3;3-7,10H,8-9,11,15H2,1-2H3;1-4H,5-6H2;1-4H/b;12-10+;;. The van der Waals surface area contributed by atoms with E-state index < -0.39 is 54.7 Å². The molecule has 0 spiro atoms. The molecule has 0 aliphatic carbocycles.